The largest absolute Gasteiger partial charge is 0.383 e. The minimum atomic E-state index is 0.325. The van der Waals surface area contributed by atoms with Gasteiger partial charge >= 0.3 is 0 Å². The molecular weight excluding hydrogens is 222 g/mol. The third kappa shape index (κ3) is 3.56. The molecule has 0 spiro atoms. The predicted octanol–water partition coefficient (Wildman–Crippen LogP) is 3.54. The molecule has 18 heavy (non-hydrogen) atoms. The number of rotatable bonds is 8. The standard InChI is InChI=1S/C16H25NO/c1-3-9-16(10-11-16)13-17-15(12-18-2)14-7-5-4-6-8-14/h4-8,15,17H,3,9-13H2,1-2H3. The number of ether oxygens (including phenoxy) is 1. The molecule has 1 aliphatic carbocycles. The van der Waals surface area contributed by atoms with Crippen molar-refractivity contribution in [3.8, 4) is 0 Å². The van der Waals surface area contributed by atoms with Crippen LogP contribution in [0.5, 0.6) is 0 Å². The Morgan fingerprint density at radius 3 is 2.56 bits per heavy atom. The number of hydrogen-bond acceptors (Lipinski definition) is 2. The molecule has 1 fully saturated rings. The van der Waals surface area contributed by atoms with Crippen LogP contribution >= 0.6 is 0 Å². The number of nitrogens with one attached hydrogen (secondary N) is 1. The van der Waals surface area contributed by atoms with Crippen molar-refractivity contribution in [1.82, 2.24) is 5.32 Å². The van der Waals surface area contributed by atoms with Crippen LogP contribution in [0.1, 0.15) is 44.2 Å². The van der Waals surface area contributed by atoms with Gasteiger partial charge in [-0.3, -0.25) is 0 Å². The van der Waals surface area contributed by atoms with Crippen molar-refractivity contribution in [2.75, 3.05) is 20.3 Å². The Kier molecular flexibility index (Phi) is 4.79. The first-order valence-electron chi connectivity index (χ1n) is 7.07. The molecule has 1 aliphatic rings. The highest BCUT2D eigenvalue weighted by atomic mass is 16.5. The van der Waals surface area contributed by atoms with E-state index in [1.807, 2.05) is 0 Å². The zero-order valence-electron chi connectivity index (χ0n) is 11.6. The van der Waals surface area contributed by atoms with E-state index in [0.29, 0.717) is 11.5 Å². The van der Waals surface area contributed by atoms with Crippen molar-refractivity contribution >= 4 is 0 Å². The molecule has 1 aromatic rings. The molecule has 2 nitrogen and oxygen atoms in total. The van der Waals surface area contributed by atoms with Crippen molar-refractivity contribution in [3.63, 3.8) is 0 Å². The highest BCUT2D eigenvalue weighted by molar-refractivity contribution is 5.19. The molecule has 0 radical (unpaired) electrons. The van der Waals surface area contributed by atoms with E-state index in [9.17, 15) is 0 Å². The third-order valence-corrected chi connectivity index (χ3v) is 4.00. The lowest BCUT2D eigenvalue weighted by atomic mass is 9.99. The van der Waals surface area contributed by atoms with Gasteiger partial charge in [0.05, 0.1) is 12.6 Å². The van der Waals surface area contributed by atoms with Crippen LogP contribution in [0, 0.1) is 5.41 Å². The fourth-order valence-electron chi connectivity index (χ4n) is 2.69. The first kappa shape index (κ1) is 13.6. The average molecular weight is 247 g/mol. The van der Waals surface area contributed by atoms with Crippen molar-refractivity contribution < 1.29 is 4.74 Å². The lowest BCUT2D eigenvalue weighted by Gasteiger charge is -2.22. The number of hydrogen-bond donors (Lipinski definition) is 1. The molecule has 0 amide bonds. The molecule has 1 aromatic carbocycles. The van der Waals surface area contributed by atoms with Gasteiger partial charge in [-0.1, -0.05) is 43.7 Å². The van der Waals surface area contributed by atoms with Crippen molar-refractivity contribution in [3.05, 3.63) is 35.9 Å². The molecule has 0 heterocycles. The molecule has 0 aliphatic heterocycles. The summed E-state index contributed by atoms with van der Waals surface area (Å²) >= 11 is 0. The first-order chi connectivity index (χ1) is 8.79. The van der Waals surface area contributed by atoms with E-state index >= 15 is 0 Å². The van der Waals surface area contributed by atoms with Crippen molar-refractivity contribution in [1.29, 1.82) is 0 Å². The molecule has 0 saturated heterocycles. The Bertz CT molecular complexity index is 345. The van der Waals surface area contributed by atoms with E-state index in [1.54, 1.807) is 7.11 Å². The summed E-state index contributed by atoms with van der Waals surface area (Å²) in [7, 11) is 1.77. The van der Waals surface area contributed by atoms with Gasteiger partial charge in [0, 0.05) is 13.7 Å². The van der Waals surface area contributed by atoms with Crippen LogP contribution in [0.4, 0.5) is 0 Å². The average Bonchev–Trinajstić information content (AvgIpc) is 3.16. The van der Waals surface area contributed by atoms with Gasteiger partial charge in [-0.2, -0.15) is 0 Å². The van der Waals surface area contributed by atoms with Crippen LogP contribution in [0.2, 0.25) is 0 Å². The maximum absolute atomic E-state index is 5.34. The van der Waals surface area contributed by atoms with E-state index in [1.165, 1.54) is 31.2 Å². The Labute approximate surface area is 111 Å². The molecular formula is C16H25NO. The van der Waals surface area contributed by atoms with Gasteiger partial charge in [-0.05, 0) is 30.2 Å². The summed E-state index contributed by atoms with van der Waals surface area (Å²) in [4.78, 5) is 0. The van der Waals surface area contributed by atoms with Gasteiger partial charge in [-0.25, -0.2) is 0 Å². The fraction of sp³-hybridized carbons (Fsp3) is 0.625. The van der Waals surface area contributed by atoms with E-state index < -0.39 is 0 Å². The third-order valence-electron chi connectivity index (χ3n) is 4.00. The highest BCUT2D eigenvalue weighted by Gasteiger charge is 2.41. The quantitative estimate of drug-likeness (QED) is 0.758. The maximum Gasteiger partial charge on any atom is 0.0657 e. The summed E-state index contributed by atoms with van der Waals surface area (Å²) < 4.78 is 5.34. The Morgan fingerprint density at radius 1 is 1.28 bits per heavy atom. The van der Waals surface area contributed by atoms with Crippen LogP contribution in [-0.4, -0.2) is 20.3 Å². The molecule has 0 aromatic heterocycles. The smallest absolute Gasteiger partial charge is 0.0657 e. The molecule has 1 saturated carbocycles. The second-order valence-electron chi connectivity index (χ2n) is 5.55. The minimum Gasteiger partial charge on any atom is -0.383 e. The highest BCUT2D eigenvalue weighted by Crippen LogP contribution is 2.49. The topological polar surface area (TPSA) is 21.3 Å². The van der Waals surface area contributed by atoms with Gasteiger partial charge < -0.3 is 10.1 Å². The van der Waals surface area contributed by atoms with Gasteiger partial charge in [0.25, 0.3) is 0 Å². The van der Waals surface area contributed by atoms with Crippen LogP contribution in [0.3, 0.4) is 0 Å². The predicted molar refractivity (Wildman–Crippen MR) is 75.6 cm³/mol. The number of benzene rings is 1. The number of methoxy groups -OCH3 is 1. The monoisotopic (exact) mass is 247 g/mol. The summed E-state index contributed by atoms with van der Waals surface area (Å²) in [5.74, 6) is 0. The molecule has 100 valence electrons. The molecule has 1 atom stereocenters. The normalized spacial score (nSPS) is 18.6. The van der Waals surface area contributed by atoms with Gasteiger partial charge in [0.15, 0.2) is 0 Å². The minimum absolute atomic E-state index is 0.325. The summed E-state index contributed by atoms with van der Waals surface area (Å²) in [6.07, 6.45) is 5.43. The zero-order valence-corrected chi connectivity index (χ0v) is 11.6. The maximum atomic E-state index is 5.34. The van der Waals surface area contributed by atoms with E-state index in [0.717, 1.165) is 13.2 Å². The lowest BCUT2D eigenvalue weighted by molar-refractivity contribution is 0.163. The SMILES string of the molecule is CCCC1(CNC(COC)c2ccccc2)CC1. The zero-order chi connectivity index (χ0) is 12.8. The Morgan fingerprint density at radius 2 is 2.00 bits per heavy atom. The van der Waals surface area contributed by atoms with Crippen molar-refractivity contribution in [2.24, 2.45) is 5.41 Å². The molecule has 0 bridgehead atoms. The van der Waals surface area contributed by atoms with Crippen LogP contribution < -0.4 is 5.32 Å². The lowest BCUT2D eigenvalue weighted by Crippen LogP contribution is -2.31. The molecule has 1 unspecified atom stereocenters. The van der Waals surface area contributed by atoms with Gasteiger partial charge in [0.1, 0.15) is 0 Å². The molecule has 2 rings (SSSR count). The van der Waals surface area contributed by atoms with E-state index in [4.69, 9.17) is 4.74 Å². The van der Waals surface area contributed by atoms with Crippen molar-refractivity contribution in [2.45, 2.75) is 38.6 Å². The Hall–Kier alpha value is -0.860. The molecule has 1 N–H and O–H groups in total. The van der Waals surface area contributed by atoms with Crippen LogP contribution in [-0.2, 0) is 4.74 Å². The summed E-state index contributed by atoms with van der Waals surface area (Å²) in [6.45, 7) is 4.15. The summed E-state index contributed by atoms with van der Waals surface area (Å²) in [6, 6.07) is 10.9. The van der Waals surface area contributed by atoms with E-state index in [-0.39, 0.29) is 0 Å². The second-order valence-corrected chi connectivity index (χ2v) is 5.55. The fourth-order valence-corrected chi connectivity index (χ4v) is 2.69. The van der Waals surface area contributed by atoms with Gasteiger partial charge in [0.2, 0.25) is 0 Å². The summed E-state index contributed by atoms with van der Waals surface area (Å²) in [5, 5.41) is 3.70. The Balaban J connectivity index is 1.91. The second kappa shape index (κ2) is 6.35. The summed E-state index contributed by atoms with van der Waals surface area (Å²) in [5.41, 5.74) is 1.92. The van der Waals surface area contributed by atoms with Crippen LogP contribution in [0.25, 0.3) is 0 Å². The van der Waals surface area contributed by atoms with Gasteiger partial charge in [-0.15, -0.1) is 0 Å². The van der Waals surface area contributed by atoms with E-state index in [2.05, 4.69) is 42.6 Å². The molecule has 2 heteroatoms. The first-order valence-corrected chi connectivity index (χ1v) is 7.07. The van der Waals surface area contributed by atoms with Crippen LogP contribution in [0.15, 0.2) is 30.3 Å².